The number of rotatable bonds is 7. The Morgan fingerprint density at radius 3 is 2.74 bits per heavy atom. The number of hydrogen-bond acceptors (Lipinski definition) is 3. The van der Waals surface area contributed by atoms with Crippen LogP contribution in [-0.4, -0.2) is 25.2 Å². The first-order valence-corrected chi connectivity index (χ1v) is 7.42. The van der Waals surface area contributed by atoms with Crippen molar-refractivity contribution in [3.05, 3.63) is 35.6 Å². The fourth-order valence-corrected chi connectivity index (χ4v) is 2.90. The monoisotopic (exact) mass is 289 g/mol. The van der Waals surface area contributed by atoms with E-state index >= 15 is 0 Å². The summed E-state index contributed by atoms with van der Waals surface area (Å²) in [6, 6.07) is 5.08. The van der Waals surface area contributed by atoms with Crippen molar-refractivity contribution in [2.45, 2.75) is 25.8 Å². The van der Waals surface area contributed by atoms with E-state index in [1.165, 1.54) is 18.2 Å². The zero-order valence-electron chi connectivity index (χ0n) is 10.5. The van der Waals surface area contributed by atoms with Crippen LogP contribution in [-0.2, 0) is 14.8 Å². The predicted octanol–water partition coefficient (Wildman–Crippen LogP) is 1.67. The molecule has 5 nitrogen and oxygen atoms in total. The highest BCUT2D eigenvalue weighted by atomic mass is 32.2. The Hall–Kier alpha value is -1.47. The van der Waals surface area contributed by atoms with Crippen LogP contribution < -0.4 is 4.72 Å². The lowest BCUT2D eigenvalue weighted by Crippen LogP contribution is -2.29. The van der Waals surface area contributed by atoms with Gasteiger partial charge in [-0.3, -0.25) is 4.79 Å². The number of sulfonamides is 1. The zero-order valence-corrected chi connectivity index (χ0v) is 11.3. The maximum Gasteiger partial charge on any atom is 0.303 e. The summed E-state index contributed by atoms with van der Waals surface area (Å²) < 4.78 is 38.8. The van der Waals surface area contributed by atoms with Gasteiger partial charge < -0.3 is 5.11 Å². The summed E-state index contributed by atoms with van der Waals surface area (Å²) in [6.07, 6.45) is -0.157. The number of carboxylic acid groups (broad SMARTS) is 1. The van der Waals surface area contributed by atoms with Gasteiger partial charge in [0.2, 0.25) is 10.0 Å². The number of hydrogen-bond donors (Lipinski definition) is 2. The van der Waals surface area contributed by atoms with E-state index < -0.39 is 27.9 Å². The molecule has 1 atom stereocenters. The highest BCUT2D eigenvalue weighted by molar-refractivity contribution is 7.89. The zero-order chi connectivity index (χ0) is 14.5. The Morgan fingerprint density at radius 2 is 2.16 bits per heavy atom. The third-order valence-corrected chi connectivity index (χ3v) is 4.05. The molecule has 0 aliphatic heterocycles. The van der Waals surface area contributed by atoms with E-state index in [-0.39, 0.29) is 18.6 Å². The van der Waals surface area contributed by atoms with Crippen LogP contribution in [0.25, 0.3) is 0 Å². The maximum absolute atomic E-state index is 13.0. The Bertz CT molecular complexity index is 544. The fraction of sp³-hybridized carbons (Fsp3) is 0.417. The van der Waals surface area contributed by atoms with Crippen LogP contribution in [0.4, 0.5) is 4.39 Å². The van der Waals surface area contributed by atoms with Gasteiger partial charge in [0.15, 0.2) is 0 Å². The number of nitrogens with one attached hydrogen (secondary N) is 1. The average Bonchev–Trinajstić information content (AvgIpc) is 2.27. The number of carboxylic acids is 1. The summed E-state index contributed by atoms with van der Waals surface area (Å²) >= 11 is 0. The van der Waals surface area contributed by atoms with Gasteiger partial charge in [-0.1, -0.05) is 12.1 Å². The second-order valence-corrected chi connectivity index (χ2v) is 6.08. The van der Waals surface area contributed by atoms with Gasteiger partial charge in [-0.05, 0) is 31.0 Å². The van der Waals surface area contributed by atoms with Crippen LogP contribution >= 0.6 is 0 Å². The molecule has 1 aromatic rings. The molecular weight excluding hydrogens is 273 g/mol. The molecule has 0 saturated carbocycles. The van der Waals surface area contributed by atoms with E-state index in [9.17, 15) is 17.6 Å². The van der Waals surface area contributed by atoms with E-state index in [4.69, 9.17) is 5.11 Å². The van der Waals surface area contributed by atoms with Crippen LogP contribution in [0, 0.1) is 5.82 Å². The van der Waals surface area contributed by atoms with Gasteiger partial charge in [-0.2, -0.15) is 0 Å². The largest absolute Gasteiger partial charge is 0.481 e. The normalized spacial score (nSPS) is 13.2. The average molecular weight is 289 g/mol. The van der Waals surface area contributed by atoms with E-state index in [1.807, 2.05) is 0 Å². The van der Waals surface area contributed by atoms with Gasteiger partial charge in [-0.15, -0.1) is 0 Å². The molecule has 2 N–H and O–H groups in total. The molecule has 0 aliphatic rings. The first kappa shape index (κ1) is 15.6. The molecule has 0 bridgehead atoms. The molecule has 1 unspecified atom stereocenters. The fourth-order valence-electron chi connectivity index (χ4n) is 1.59. The Balaban J connectivity index is 2.60. The molecule has 0 aliphatic carbocycles. The molecule has 0 heterocycles. The lowest BCUT2D eigenvalue weighted by Gasteiger charge is -2.14. The van der Waals surface area contributed by atoms with Crippen LogP contribution in [0.15, 0.2) is 24.3 Å². The molecule has 106 valence electrons. The van der Waals surface area contributed by atoms with Gasteiger partial charge in [-0.25, -0.2) is 17.5 Å². The van der Waals surface area contributed by atoms with E-state index in [1.54, 1.807) is 13.0 Å². The van der Waals surface area contributed by atoms with Crippen molar-refractivity contribution < 1.29 is 22.7 Å². The summed E-state index contributed by atoms with van der Waals surface area (Å²) in [7, 11) is -3.57. The molecule has 0 amide bonds. The molecular formula is C12H16FNO4S. The SMILES string of the molecule is CC(NS(=O)(=O)CCCC(=O)O)c1cccc(F)c1. The van der Waals surface area contributed by atoms with Gasteiger partial charge in [0.1, 0.15) is 5.82 Å². The summed E-state index contributed by atoms with van der Waals surface area (Å²) in [6.45, 7) is 1.60. The van der Waals surface area contributed by atoms with E-state index in [2.05, 4.69) is 4.72 Å². The maximum atomic E-state index is 13.0. The minimum absolute atomic E-state index is 0.0422. The minimum Gasteiger partial charge on any atom is -0.481 e. The van der Waals surface area contributed by atoms with Gasteiger partial charge in [0, 0.05) is 12.5 Å². The first-order valence-electron chi connectivity index (χ1n) is 5.77. The van der Waals surface area contributed by atoms with Crippen molar-refractivity contribution in [2.75, 3.05) is 5.75 Å². The van der Waals surface area contributed by atoms with Crippen molar-refractivity contribution in [3.8, 4) is 0 Å². The third kappa shape index (κ3) is 5.80. The molecule has 0 saturated heterocycles. The predicted molar refractivity (Wildman–Crippen MR) is 68.6 cm³/mol. The minimum atomic E-state index is -3.57. The Morgan fingerprint density at radius 1 is 1.47 bits per heavy atom. The standard InChI is InChI=1S/C12H16FNO4S/c1-9(10-4-2-5-11(13)8-10)14-19(17,18)7-3-6-12(15)16/h2,4-5,8-9,14H,3,6-7H2,1H3,(H,15,16). The molecule has 0 aromatic heterocycles. The molecule has 1 aromatic carbocycles. The van der Waals surface area contributed by atoms with Crippen LogP contribution in [0.1, 0.15) is 31.4 Å². The molecule has 7 heteroatoms. The van der Waals surface area contributed by atoms with Crippen molar-refractivity contribution in [2.24, 2.45) is 0 Å². The molecule has 0 spiro atoms. The lowest BCUT2D eigenvalue weighted by atomic mass is 10.1. The van der Waals surface area contributed by atoms with Crippen molar-refractivity contribution >= 4 is 16.0 Å². The van der Waals surface area contributed by atoms with E-state index in [0.717, 1.165) is 0 Å². The molecule has 19 heavy (non-hydrogen) atoms. The third-order valence-electron chi connectivity index (χ3n) is 2.51. The summed E-state index contributed by atoms with van der Waals surface area (Å²) in [5.41, 5.74) is 0.516. The van der Waals surface area contributed by atoms with Crippen molar-refractivity contribution in [1.82, 2.24) is 4.72 Å². The molecule has 0 fully saturated rings. The number of halogens is 1. The van der Waals surface area contributed by atoms with Gasteiger partial charge in [0.05, 0.1) is 5.75 Å². The van der Waals surface area contributed by atoms with E-state index in [0.29, 0.717) is 5.56 Å². The molecule has 1 rings (SSSR count). The molecule has 0 radical (unpaired) electrons. The second kappa shape index (κ2) is 6.63. The second-order valence-electron chi connectivity index (χ2n) is 4.21. The Kier molecular flexibility index (Phi) is 5.44. The van der Waals surface area contributed by atoms with Gasteiger partial charge in [0.25, 0.3) is 0 Å². The number of aliphatic carboxylic acids is 1. The van der Waals surface area contributed by atoms with Crippen LogP contribution in [0.3, 0.4) is 0 Å². The quantitative estimate of drug-likeness (QED) is 0.799. The highest BCUT2D eigenvalue weighted by Crippen LogP contribution is 2.14. The van der Waals surface area contributed by atoms with Crippen LogP contribution in [0.2, 0.25) is 0 Å². The summed E-state index contributed by atoms with van der Waals surface area (Å²) in [5.74, 6) is -1.73. The topological polar surface area (TPSA) is 83.5 Å². The number of carbonyl (C=O) groups is 1. The van der Waals surface area contributed by atoms with Crippen molar-refractivity contribution in [3.63, 3.8) is 0 Å². The first-order chi connectivity index (χ1) is 8.80. The highest BCUT2D eigenvalue weighted by Gasteiger charge is 2.16. The summed E-state index contributed by atoms with van der Waals surface area (Å²) in [5, 5.41) is 8.44. The van der Waals surface area contributed by atoms with Crippen LogP contribution in [0.5, 0.6) is 0 Å². The van der Waals surface area contributed by atoms with Crippen molar-refractivity contribution in [1.29, 1.82) is 0 Å². The smallest absolute Gasteiger partial charge is 0.303 e. The Labute approximate surface area is 111 Å². The summed E-state index contributed by atoms with van der Waals surface area (Å²) in [4.78, 5) is 10.3. The van der Waals surface area contributed by atoms with Gasteiger partial charge >= 0.3 is 5.97 Å². The number of benzene rings is 1. The lowest BCUT2D eigenvalue weighted by molar-refractivity contribution is -0.137.